The molecule has 3 aromatic rings. The lowest BCUT2D eigenvalue weighted by Gasteiger charge is -2.38. The number of methoxy groups -OCH3 is 1. The molecule has 1 unspecified atom stereocenters. The Morgan fingerprint density at radius 1 is 1.00 bits per heavy atom. The van der Waals surface area contributed by atoms with Crippen LogP contribution in [0.15, 0.2) is 60.7 Å². The molecule has 0 amide bonds. The van der Waals surface area contributed by atoms with E-state index in [1.165, 1.54) is 11.2 Å². The number of aliphatic carboxylic acids is 1. The molecule has 0 spiro atoms. The highest BCUT2D eigenvalue weighted by Gasteiger charge is 2.38. The highest BCUT2D eigenvalue weighted by Crippen LogP contribution is 2.33. The number of nitrogens with zero attached hydrogens (tertiary/aromatic N) is 1. The summed E-state index contributed by atoms with van der Waals surface area (Å²) in [7, 11) is -2.31. The third-order valence-electron chi connectivity index (χ3n) is 6.41. The summed E-state index contributed by atoms with van der Waals surface area (Å²) in [5.41, 5.74) is 1.20. The molecule has 0 aliphatic carbocycles. The minimum Gasteiger partial charge on any atom is -0.497 e. The van der Waals surface area contributed by atoms with Crippen LogP contribution in [-0.4, -0.2) is 55.1 Å². The van der Waals surface area contributed by atoms with Crippen molar-refractivity contribution in [1.29, 1.82) is 0 Å². The van der Waals surface area contributed by atoms with Gasteiger partial charge in [-0.15, -0.1) is 0 Å². The lowest BCUT2D eigenvalue weighted by Crippen LogP contribution is -2.52. The van der Waals surface area contributed by atoms with Crippen LogP contribution in [0.5, 0.6) is 5.75 Å². The van der Waals surface area contributed by atoms with E-state index in [2.05, 4.69) is 16.6 Å². The fraction of sp³-hybridized carbons (Fsp3) is 0.296. The van der Waals surface area contributed by atoms with Crippen molar-refractivity contribution < 1.29 is 28.2 Å². The fourth-order valence-corrected chi connectivity index (χ4v) is 5.53. The number of rotatable bonds is 6. The van der Waals surface area contributed by atoms with Gasteiger partial charge in [0, 0.05) is 24.2 Å². The zero-order chi connectivity index (χ0) is 25.9. The van der Waals surface area contributed by atoms with Gasteiger partial charge < -0.3 is 14.9 Å². The fourth-order valence-electron chi connectivity index (χ4n) is 4.17. The molecule has 3 aromatic carbocycles. The van der Waals surface area contributed by atoms with Crippen LogP contribution in [0, 0.1) is 11.8 Å². The molecule has 1 atom stereocenters. The summed E-state index contributed by atoms with van der Waals surface area (Å²) in [6, 6.07) is 17.9. The number of carboxylic acid groups (broad SMARTS) is 1. The molecule has 1 heterocycles. The van der Waals surface area contributed by atoms with Crippen LogP contribution >= 0.6 is 0 Å². The van der Waals surface area contributed by atoms with Crippen molar-refractivity contribution in [3.05, 3.63) is 77.4 Å². The van der Waals surface area contributed by atoms with Crippen LogP contribution in [0.25, 0.3) is 10.8 Å². The van der Waals surface area contributed by atoms with Crippen molar-refractivity contribution in [1.82, 2.24) is 9.03 Å². The molecule has 0 bridgehead atoms. The minimum atomic E-state index is -3.95. The average molecular weight is 509 g/mol. The van der Waals surface area contributed by atoms with Gasteiger partial charge in [-0.2, -0.15) is 17.4 Å². The maximum Gasteiger partial charge on any atom is 0.321 e. The van der Waals surface area contributed by atoms with Crippen molar-refractivity contribution in [3.8, 4) is 17.6 Å². The Kier molecular flexibility index (Phi) is 7.33. The highest BCUT2D eigenvalue weighted by molar-refractivity contribution is 7.87. The van der Waals surface area contributed by atoms with Gasteiger partial charge in [-0.05, 0) is 72.5 Å². The molecule has 0 aromatic heterocycles. The third kappa shape index (κ3) is 5.69. The third-order valence-corrected chi connectivity index (χ3v) is 8.10. The van der Waals surface area contributed by atoms with Crippen molar-refractivity contribution >= 4 is 27.0 Å². The Balaban J connectivity index is 1.42. The molecule has 1 aliphatic rings. The number of fused-ring (bicyclic) bond motifs is 1. The van der Waals surface area contributed by atoms with E-state index in [0.29, 0.717) is 5.56 Å². The number of piperidine rings is 1. The van der Waals surface area contributed by atoms with Crippen LogP contribution in [-0.2, 0) is 20.6 Å². The summed E-state index contributed by atoms with van der Waals surface area (Å²) in [6.45, 7) is 1.42. The van der Waals surface area contributed by atoms with E-state index in [4.69, 9.17) is 9.84 Å². The number of hydrogen-bond donors (Lipinski definition) is 3. The smallest absolute Gasteiger partial charge is 0.321 e. The first kappa shape index (κ1) is 25.7. The van der Waals surface area contributed by atoms with Crippen molar-refractivity contribution in [3.63, 3.8) is 0 Å². The first-order valence-electron chi connectivity index (χ1n) is 11.5. The topological polar surface area (TPSA) is 116 Å². The number of benzene rings is 3. The minimum absolute atomic E-state index is 0.0770. The molecule has 1 saturated heterocycles. The average Bonchev–Trinajstić information content (AvgIpc) is 2.87. The van der Waals surface area contributed by atoms with Gasteiger partial charge in [-0.1, -0.05) is 36.1 Å². The Morgan fingerprint density at radius 2 is 1.58 bits per heavy atom. The Labute approximate surface area is 210 Å². The van der Waals surface area contributed by atoms with E-state index in [-0.39, 0.29) is 25.9 Å². The Bertz CT molecular complexity index is 1430. The SMILES string of the molecule is COc1ccc2cc(C#Cc3ccc(C4(O)CCN(S(=O)(=O)NC(C)C(=O)O)CC4)cc3)ccc2c1. The maximum atomic E-state index is 12.4. The van der Waals surface area contributed by atoms with Crippen LogP contribution < -0.4 is 9.46 Å². The van der Waals surface area contributed by atoms with Crippen LogP contribution in [0.2, 0.25) is 0 Å². The predicted octanol–water partition coefficient (Wildman–Crippen LogP) is 2.84. The van der Waals surface area contributed by atoms with Crippen molar-refractivity contribution in [2.24, 2.45) is 0 Å². The van der Waals surface area contributed by atoms with Gasteiger partial charge in [0.25, 0.3) is 10.2 Å². The number of carboxylic acids is 1. The largest absolute Gasteiger partial charge is 0.497 e. The predicted molar refractivity (Wildman–Crippen MR) is 137 cm³/mol. The second-order valence-electron chi connectivity index (χ2n) is 8.87. The molecular weight excluding hydrogens is 480 g/mol. The molecule has 1 fully saturated rings. The maximum absolute atomic E-state index is 12.4. The van der Waals surface area contributed by atoms with Gasteiger partial charge in [0.15, 0.2) is 0 Å². The second kappa shape index (κ2) is 10.3. The molecule has 188 valence electrons. The van der Waals surface area contributed by atoms with E-state index in [1.807, 2.05) is 60.7 Å². The molecule has 36 heavy (non-hydrogen) atoms. The number of ether oxygens (including phenoxy) is 1. The van der Waals surface area contributed by atoms with Crippen LogP contribution in [0.1, 0.15) is 36.5 Å². The molecule has 4 rings (SSSR count). The summed E-state index contributed by atoms with van der Waals surface area (Å²) < 4.78 is 33.4. The van der Waals surface area contributed by atoms with Gasteiger partial charge in [0.05, 0.1) is 12.7 Å². The molecule has 9 heteroatoms. The van der Waals surface area contributed by atoms with E-state index in [0.717, 1.165) is 27.6 Å². The molecule has 8 nitrogen and oxygen atoms in total. The first-order chi connectivity index (χ1) is 17.1. The summed E-state index contributed by atoms with van der Waals surface area (Å²) >= 11 is 0. The monoisotopic (exact) mass is 508 g/mol. The van der Waals surface area contributed by atoms with Gasteiger partial charge in [0.1, 0.15) is 11.8 Å². The number of hydrogen-bond acceptors (Lipinski definition) is 5. The zero-order valence-corrected chi connectivity index (χ0v) is 20.9. The summed E-state index contributed by atoms with van der Waals surface area (Å²) in [6.07, 6.45) is 0.393. The number of nitrogens with one attached hydrogen (secondary N) is 1. The standard InChI is InChI=1S/C27H28N2O6S/c1-19(26(30)31)28-36(33,34)29-15-13-27(32,14-16-29)24-10-6-20(7-11-24)3-4-21-5-8-23-18-25(35-2)12-9-22(23)17-21/h5-12,17-19,28,32H,13-16H2,1-2H3,(H,30,31). The van der Waals surface area contributed by atoms with E-state index in [9.17, 15) is 18.3 Å². The summed E-state index contributed by atoms with van der Waals surface area (Å²) in [4.78, 5) is 11.0. The van der Waals surface area contributed by atoms with Gasteiger partial charge in [-0.25, -0.2) is 0 Å². The van der Waals surface area contributed by atoms with Gasteiger partial charge in [-0.3, -0.25) is 4.79 Å². The van der Waals surface area contributed by atoms with Crippen molar-refractivity contribution in [2.75, 3.05) is 20.2 Å². The van der Waals surface area contributed by atoms with Crippen LogP contribution in [0.3, 0.4) is 0 Å². The van der Waals surface area contributed by atoms with Crippen molar-refractivity contribution in [2.45, 2.75) is 31.4 Å². The Hall–Kier alpha value is -3.42. The summed E-state index contributed by atoms with van der Waals surface area (Å²) in [5.74, 6) is 5.87. The van der Waals surface area contributed by atoms with Gasteiger partial charge >= 0.3 is 5.97 Å². The number of carbonyl (C=O) groups is 1. The highest BCUT2D eigenvalue weighted by atomic mass is 32.2. The van der Waals surface area contributed by atoms with Gasteiger partial charge in [0.2, 0.25) is 0 Å². The lowest BCUT2D eigenvalue weighted by atomic mass is 9.85. The zero-order valence-electron chi connectivity index (χ0n) is 20.1. The molecule has 3 N–H and O–H groups in total. The van der Waals surface area contributed by atoms with E-state index >= 15 is 0 Å². The Morgan fingerprint density at radius 3 is 2.22 bits per heavy atom. The molecule has 1 aliphatic heterocycles. The second-order valence-corrected chi connectivity index (χ2v) is 10.6. The number of aliphatic hydroxyl groups is 1. The first-order valence-corrected chi connectivity index (χ1v) is 13.0. The van der Waals surface area contributed by atoms with E-state index in [1.54, 1.807) is 7.11 Å². The van der Waals surface area contributed by atoms with E-state index < -0.39 is 27.8 Å². The normalized spacial score (nSPS) is 16.6. The molecule has 0 saturated carbocycles. The lowest BCUT2D eigenvalue weighted by molar-refractivity contribution is -0.138. The van der Waals surface area contributed by atoms with Crippen LogP contribution in [0.4, 0.5) is 0 Å². The summed E-state index contributed by atoms with van der Waals surface area (Å²) in [5, 5.41) is 22.3. The quantitative estimate of drug-likeness (QED) is 0.441. The molecular formula is C27H28N2O6S. The molecule has 0 radical (unpaired) electrons.